The molecule has 0 spiro atoms. The molecule has 0 atom stereocenters. The summed E-state index contributed by atoms with van der Waals surface area (Å²) in [4.78, 5) is 8.65. The van der Waals surface area contributed by atoms with Gasteiger partial charge in [-0.25, -0.2) is 0 Å². The van der Waals surface area contributed by atoms with Crippen molar-refractivity contribution < 1.29 is 22.6 Å². The second-order valence-corrected chi connectivity index (χ2v) is 21.3. The van der Waals surface area contributed by atoms with Gasteiger partial charge in [0, 0.05) is 0 Å². The molecule has 9 aromatic rings. The summed E-state index contributed by atoms with van der Waals surface area (Å²) in [5, 5.41) is 12.9. The largest absolute Gasteiger partial charge is 0.102 e. The normalized spacial score (nSPS) is 10.2. The zero-order valence-electron chi connectivity index (χ0n) is 33.2. The molecule has 5 heteroatoms. The van der Waals surface area contributed by atoms with E-state index in [4.69, 9.17) is 4.79 Å². The molecule has 0 aliphatic heterocycles. The summed E-state index contributed by atoms with van der Waals surface area (Å²) in [5.41, 5.74) is 0. The smallest absolute Gasteiger partial charge is 0.0620 e. The van der Waals surface area contributed by atoms with Crippen LogP contribution >= 0.6 is 23.8 Å². The average molecular weight is 922 g/mol. The minimum absolute atomic E-state index is 0.877. The standard InChI is InChI=1S/3C18H15P.CO.Rh.H/c3*1-4-10-16(11-5-1)19(17-12-6-2-7-13-17)18-14-8-3-9-15-18;1-2;;/h3*1-15H;;;/p+3. The summed E-state index contributed by atoms with van der Waals surface area (Å²) in [7, 11) is -2.63. The van der Waals surface area contributed by atoms with E-state index in [0.717, 1.165) is 0 Å². The number of hydrogen-bond donors (Lipinski definition) is 0. The van der Waals surface area contributed by atoms with Crippen molar-refractivity contribution in [2.75, 3.05) is 0 Å². The molecule has 60 heavy (non-hydrogen) atoms. The summed E-state index contributed by atoms with van der Waals surface area (Å²) >= 11 is 1.70. The molecule has 0 fully saturated rings. The van der Waals surface area contributed by atoms with Crippen molar-refractivity contribution in [1.82, 2.24) is 0 Å². The maximum Gasteiger partial charge on any atom is 0.102 e. The van der Waals surface area contributed by atoms with Crippen molar-refractivity contribution in [1.29, 1.82) is 0 Å². The van der Waals surface area contributed by atoms with Gasteiger partial charge >= 0.3 is 27.1 Å². The van der Waals surface area contributed by atoms with E-state index in [2.05, 4.69) is 273 Å². The van der Waals surface area contributed by atoms with Crippen LogP contribution in [0.3, 0.4) is 0 Å². The molecule has 296 valence electrons. The molecule has 0 aliphatic carbocycles. The molecule has 9 aromatic carbocycles. The first-order chi connectivity index (χ1) is 29.8. The third-order valence-corrected chi connectivity index (χ3v) is 17.8. The van der Waals surface area contributed by atoms with Gasteiger partial charge in [0.05, 0.1) is 23.8 Å². The Balaban J connectivity index is 0.000000146. The molecule has 0 unspecified atom stereocenters. The summed E-state index contributed by atoms with van der Waals surface area (Å²) in [6.07, 6.45) is 0. The van der Waals surface area contributed by atoms with Crippen LogP contribution in [0.2, 0.25) is 0 Å². The molecular weight excluding hydrogens is 872 g/mol. The number of rotatable bonds is 9. The van der Waals surface area contributed by atoms with Crippen LogP contribution in [0.15, 0.2) is 273 Å². The predicted molar refractivity (Wildman–Crippen MR) is 267 cm³/mol. The van der Waals surface area contributed by atoms with Crippen LogP contribution in [0, 0.1) is 0 Å². The van der Waals surface area contributed by atoms with E-state index in [-0.39, 0.29) is 0 Å². The van der Waals surface area contributed by atoms with Gasteiger partial charge in [-0.2, -0.15) is 0 Å². The molecule has 0 aliphatic rings. The van der Waals surface area contributed by atoms with E-state index in [1.807, 2.05) is 0 Å². The predicted octanol–water partition coefficient (Wildman–Crippen LogP) is 8.86. The number of hydrogen-bond acceptors (Lipinski definition) is 1. The third-order valence-electron chi connectivity index (χ3n) is 9.56. The van der Waals surface area contributed by atoms with Gasteiger partial charge in [0.25, 0.3) is 0 Å². The summed E-state index contributed by atoms with van der Waals surface area (Å²) in [6, 6.07) is 97.5. The van der Waals surface area contributed by atoms with E-state index < -0.39 is 23.8 Å². The maximum atomic E-state index is 8.65. The molecule has 1 nitrogen and oxygen atoms in total. The maximum absolute atomic E-state index is 8.65. The van der Waals surface area contributed by atoms with Gasteiger partial charge in [0.15, 0.2) is 0 Å². The van der Waals surface area contributed by atoms with Crippen LogP contribution in [-0.4, -0.2) is 4.47 Å². The van der Waals surface area contributed by atoms with Gasteiger partial charge in [0.1, 0.15) is 47.7 Å². The van der Waals surface area contributed by atoms with Crippen molar-refractivity contribution >= 4 is 76.0 Å². The van der Waals surface area contributed by atoms with Crippen LogP contribution < -0.4 is 47.7 Å². The Labute approximate surface area is 369 Å². The Morgan fingerprint density at radius 1 is 0.217 bits per heavy atom. The monoisotopic (exact) mass is 921 g/mol. The first-order valence-electron chi connectivity index (χ1n) is 19.8. The van der Waals surface area contributed by atoms with Crippen molar-refractivity contribution in [2.24, 2.45) is 0 Å². The fraction of sp³-hybridized carbons (Fsp3) is 0. The first kappa shape index (κ1) is 44.0. The topological polar surface area (TPSA) is 17.1 Å². The molecule has 0 N–H and O–H groups in total. The first-order valence-corrected chi connectivity index (χ1v) is 25.2. The van der Waals surface area contributed by atoms with Gasteiger partial charge < -0.3 is 0 Å². The summed E-state index contributed by atoms with van der Waals surface area (Å²) in [5.74, 6) is 0. The molecule has 0 bridgehead atoms. The Hall–Kier alpha value is -5.53. The van der Waals surface area contributed by atoms with Gasteiger partial charge in [-0.3, -0.25) is 0 Å². The Bertz CT molecular complexity index is 1960. The number of benzene rings is 9. The Morgan fingerprint density at radius 3 is 0.383 bits per heavy atom. The molecule has 0 radical (unpaired) electrons. The SMILES string of the molecule is O=[C]=[RhH].c1ccc([PH+](c2ccccc2)c2ccccc2)cc1.c1ccc([PH+](c2ccccc2)c2ccccc2)cc1.c1ccc([PH+](c2ccccc2)c2ccccc2)cc1. The quantitative estimate of drug-likeness (QED) is 0.105. The molecule has 0 aromatic heterocycles. The van der Waals surface area contributed by atoms with Gasteiger partial charge in [-0.05, 0) is 109 Å². The molecule has 0 amide bonds. The zero-order valence-corrected chi connectivity index (χ0v) is 38.0. The fourth-order valence-corrected chi connectivity index (χ4v) is 14.7. The molecular formula is C55H49OP3Rh+3. The number of carbonyl (C=O) groups excluding carboxylic acids is 1. The Kier molecular flexibility index (Phi) is 18.5. The van der Waals surface area contributed by atoms with Crippen LogP contribution in [0.1, 0.15) is 0 Å². The van der Waals surface area contributed by atoms with Crippen molar-refractivity contribution in [2.45, 2.75) is 0 Å². The van der Waals surface area contributed by atoms with Crippen molar-refractivity contribution in [3.8, 4) is 0 Å². The van der Waals surface area contributed by atoms with Gasteiger partial charge in [-0.1, -0.05) is 164 Å². The minimum atomic E-state index is -0.877. The van der Waals surface area contributed by atoms with Crippen molar-refractivity contribution in [3.63, 3.8) is 0 Å². The Morgan fingerprint density at radius 2 is 0.300 bits per heavy atom. The van der Waals surface area contributed by atoms with E-state index in [1.165, 1.54) is 52.2 Å². The van der Waals surface area contributed by atoms with Gasteiger partial charge in [0.2, 0.25) is 0 Å². The molecule has 0 saturated heterocycles. The zero-order chi connectivity index (χ0) is 41.5. The molecule has 9 rings (SSSR count). The van der Waals surface area contributed by atoms with E-state index in [1.54, 1.807) is 17.9 Å². The van der Waals surface area contributed by atoms with Crippen molar-refractivity contribution in [3.05, 3.63) is 273 Å². The van der Waals surface area contributed by atoms with Crippen LogP contribution in [0.4, 0.5) is 0 Å². The summed E-state index contributed by atoms with van der Waals surface area (Å²) < 4.78 is 1.43. The third kappa shape index (κ3) is 13.2. The van der Waals surface area contributed by atoms with Crippen LogP contribution in [-0.2, 0) is 22.6 Å². The average Bonchev–Trinajstić information content (AvgIpc) is 3.33. The van der Waals surface area contributed by atoms with Crippen LogP contribution in [0.5, 0.6) is 0 Å². The van der Waals surface area contributed by atoms with Crippen LogP contribution in [0.25, 0.3) is 0 Å². The summed E-state index contributed by atoms with van der Waals surface area (Å²) in [6.45, 7) is 0. The van der Waals surface area contributed by atoms with E-state index >= 15 is 0 Å². The second-order valence-electron chi connectivity index (χ2n) is 13.5. The minimum Gasteiger partial charge on any atom is -0.0620 e. The second kappa shape index (κ2) is 25.2. The van der Waals surface area contributed by atoms with Gasteiger partial charge in [-0.15, -0.1) is 0 Å². The van der Waals surface area contributed by atoms with E-state index in [0.29, 0.717) is 0 Å². The van der Waals surface area contributed by atoms with E-state index in [9.17, 15) is 0 Å². The molecule has 0 saturated carbocycles. The molecule has 0 heterocycles. The fourth-order valence-electron chi connectivity index (χ4n) is 6.94.